The third kappa shape index (κ3) is 2.09. The summed E-state index contributed by atoms with van der Waals surface area (Å²) in [6.45, 7) is 0.678. The Hall–Kier alpha value is -1.42. The molecule has 0 saturated carbocycles. The van der Waals surface area contributed by atoms with Gasteiger partial charge in [-0.05, 0) is 21.6 Å². The molecule has 0 aliphatic carbocycles. The van der Waals surface area contributed by atoms with Crippen LogP contribution in [0.15, 0.2) is 30.6 Å². The predicted molar refractivity (Wildman–Crippen MR) is 52.9 cm³/mol. The lowest BCUT2D eigenvalue weighted by Gasteiger charge is -2.01. The summed E-state index contributed by atoms with van der Waals surface area (Å²) in [5, 5.41) is 10.9. The molecule has 0 amide bonds. The number of benzene rings is 1. The molecule has 5 heteroatoms. The molecule has 2 aromatic rings. The molecule has 0 spiro atoms. The normalized spacial score (nSPS) is 10.4. The smallest absolute Gasteiger partial charge is 0.138 e. The van der Waals surface area contributed by atoms with Crippen LogP contribution in [-0.4, -0.2) is 20.2 Å². The Kier molecular flexibility index (Phi) is 2.74. The highest BCUT2D eigenvalue weighted by Crippen LogP contribution is 2.08. The first kappa shape index (κ1) is 9.15. The van der Waals surface area contributed by atoms with Crippen LogP contribution < -0.4 is 0 Å². The molecule has 0 aliphatic rings. The molecule has 1 aromatic carbocycles. The second kappa shape index (κ2) is 4.19. The van der Waals surface area contributed by atoms with Crippen LogP contribution in [-0.2, 0) is 12.4 Å². The van der Waals surface area contributed by atoms with Gasteiger partial charge in [-0.15, -0.1) is 16.7 Å². The molecule has 72 valence electrons. The summed E-state index contributed by atoms with van der Waals surface area (Å²) >= 11 is 5.73. The van der Waals surface area contributed by atoms with Crippen molar-refractivity contribution in [3.05, 3.63) is 41.7 Å². The molecule has 14 heavy (non-hydrogen) atoms. The number of hydrogen-bond donors (Lipinski definition) is 0. The van der Waals surface area contributed by atoms with Crippen molar-refractivity contribution in [2.45, 2.75) is 12.4 Å². The van der Waals surface area contributed by atoms with Crippen molar-refractivity contribution in [1.29, 1.82) is 0 Å². The van der Waals surface area contributed by atoms with Gasteiger partial charge in [-0.25, -0.2) is 4.68 Å². The van der Waals surface area contributed by atoms with E-state index in [4.69, 9.17) is 11.6 Å². The standard InChI is InChI=1S/C9H9ClN4/c10-5-8-2-1-3-9(4-8)6-14-7-11-12-13-14/h1-4,7H,5-6H2. The minimum absolute atomic E-state index is 0.531. The molecule has 1 heterocycles. The molecule has 1 aromatic heterocycles. The number of alkyl halides is 1. The van der Waals surface area contributed by atoms with Crippen LogP contribution in [0.1, 0.15) is 11.1 Å². The second-order valence-electron chi connectivity index (χ2n) is 2.96. The molecular formula is C9H9ClN4. The van der Waals surface area contributed by atoms with Crippen LogP contribution >= 0.6 is 11.6 Å². The second-order valence-corrected chi connectivity index (χ2v) is 3.23. The number of halogens is 1. The minimum atomic E-state index is 0.531. The zero-order valence-electron chi connectivity index (χ0n) is 7.47. The van der Waals surface area contributed by atoms with Gasteiger partial charge < -0.3 is 0 Å². The maximum atomic E-state index is 5.73. The van der Waals surface area contributed by atoms with Crippen molar-refractivity contribution < 1.29 is 0 Å². The lowest BCUT2D eigenvalue weighted by atomic mass is 10.1. The molecule has 0 unspecified atom stereocenters. The average Bonchev–Trinajstić information content (AvgIpc) is 2.71. The number of aromatic nitrogens is 4. The number of tetrazole rings is 1. The fourth-order valence-corrected chi connectivity index (χ4v) is 1.42. The molecule has 0 atom stereocenters. The van der Waals surface area contributed by atoms with Crippen molar-refractivity contribution in [3.63, 3.8) is 0 Å². The Balaban J connectivity index is 2.17. The molecule has 2 rings (SSSR count). The number of hydrogen-bond acceptors (Lipinski definition) is 3. The van der Waals surface area contributed by atoms with Crippen LogP contribution in [0.25, 0.3) is 0 Å². The van der Waals surface area contributed by atoms with E-state index < -0.39 is 0 Å². The SMILES string of the molecule is ClCc1cccc(Cn2cnnn2)c1. The highest BCUT2D eigenvalue weighted by atomic mass is 35.5. The van der Waals surface area contributed by atoms with Crippen molar-refractivity contribution in [1.82, 2.24) is 20.2 Å². The highest BCUT2D eigenvalue weighted by Gasteiger charge is 1.97. The molecular weight excluding hydrogens is 200 g/mol. The summed E-state index contributed by atoms with van der Waals surface area (Å²) in [7, 11) is 0. The van der Waals surface area contributed by atoms with E-state index in [9.17, 15) is 0 Å². The summed E-state index contributed by atoms with van der Waals surface area (Å²) in [6, 6.07) is 8.06. The first-order chi connectivity index (χ1) is 6.88. The Labute approximate surface area is 86.5 Å². The summed E-state index contributed by atoms with van der Waals surface area (Å²) in [5.74, 6) is 0.531. The van der Waals surface area contributed by atoms with E-state index in [2.05, 4.69) is 21.6 Å². The Morgan fingerprint density at radius 2 is 2.14 bits per heavy atom. The van der Waals surface area contributed by atoms with Gasteiger partial charge in [0.05, 0.1) is 6.54 Å². The third-order valence-electron chi connectivity index (χ3n) is 1.88. The van der Waals surface area contributed by atoms with Crippen LogP contribution in [0, 0.1) is 0 Å². The van der Waals surface area contributed by atoms with Gasteiger partial charge in [-0.2, -0.15) is 0 Å². The third-order valence-corrected chi connectivity index (χ3v) is 2.19. The maximum Gasteiger partial charge on any atom is 0.138 e. The maximum absolute atomic E-state index is 5.73. The average molecular weight is 209 g/mol. The first-order valence-electron chi connectivity index (χ1n) is 4.23. The Morgan fingerprint density at radius 1 is 1.29 bits per heavy atom. The topological polar surface area (TPSA) is 43.6 Å². The predicted octanol–water partition coefficient (Wildman–Crippen LogP) is 1.46. The van der Waals surface area contributed by atoms with Gasteiger partial charge in [0, 0.05) is 5.88 Å². The van der Waals surface area contributed by atoms with Gasteiger partial charge in [-0.3, -0.25) is 0 Å². The molecule has 0 N–H and O–H groups in total. The Morgan fingerprint density at radius 3 is 2.86 bits per heavy atom. The minimum Gasteiger partial charge on any atom is -0.228 e. The lowest BCUT2D eigenvalue weighted by Crippen LogP contribution is -2.00. The summed E-state index contributed by atoms with van der Waals surface area (Å²) in [4.78, 5) is 0. The van der Waals surface area contributed by atoms with Crippen LogP contribution in [0.5, 0.6) is 0 Å². The fraction of sp³-hybridized carbons (Fsp3) is 0.222. The highest BCUT2D eigenvalue weighted by molar-refractivity contribution is 6.17. The van der Waals surface area contributed by atoms with Crippen LogP contribution in [0.3, 0.4) is 0 Å². The van der Waals surface area contributed by atoms with Crippen molar-refractivity contribution in [2.24, 2.45) is 0 Å². The van der Waals surface area contributed by atoms with Crippen molar-refractivity contribution in [2.75, 3.05) is 0 Å². The first-order valence-corrected chi connectivity index (χ1v) is 4.76. The van der Waals surface area contributed by atoms with Crippen LogP contribution in [0.4, 0.5) is 0 Å². The van der Waals surface area contributed by atoms with E-state index in [0.717, 1.165) is 11.1 Å². The van der Waals surface area contributed by atoms with Gasteiger partial charge >= 0.3 is 0 Å². The number of nitrogens with zero attached hydrogens (tertiary/aromatic N) is 4. The summed E-state index contributed by atoms with van der Waals surface area (Å²) < 4.78 is 1.67. The van der Waals surface area contributed by atoms with E-state index in [1.165, 1.54) is 0 Å². The van der Waals surface area contributed by atoms with E-state index in [1.807, 2.05) is 18.2 Å². The van der Waals surface area contributed by atoms with Gasteiger partial charge in [0.2, 0.25) is 0 Å². The lowest BCUT2D eigenvalue weighted by molar-refractivity contribution is 0.648. The van der Waals surface area contributed by atoms with Gasteiger partial charge in [-0.1, -0.05) is 24.3 Å². The molecule has 0 saturated heterocycles. The zero-order valence-corrected chi connectivity index (χ0v) is 8.22. The number of rotatable bonds is 3. The Bertz CT molecular complexity index is 399. The van der Waals surface area contributed by atoms with Gasteiger partial charge in [0.15, 0.2) is 0 Å². The summed E-state index contributed by atoms with van der Waals surface area (Å²) in [6.07, 6.45) is 1.59. The molecule has 0 radical (unpaired) electrons. The van der Waals surface area contributed by atoms with E-state index in [1.54, 1.807) is 11.0 Å². The molecule has 0 fully saturated rings. The quantitative estimate of drug-likeness (QED) is 0.718. The molecule has 0 bridgehead atoms. The molecule has 0 aliphatic heterocycles. The molecule has 4 nitrogen and oxygen atoms in total. The van der Waals surface area contributed by atoms with E-state index in [0.29, 0.717) is 12.4 Å². The summed E-state index contributed by atoms with van der Waals surface area (Å²) in [5.41, 5.74) is 2.26. The monoisotopic (exact) mass is 208 g/mol. The van der Waals surface area contributed by atoms with E-state index in [-0.39, 0.29) is 0 Å². The fourth-order valence-electron chi connectivity index (χ4n) is 1.25. The largest absolute Gasteiger partial charge is 0.228 e. The van der Waals surface area contributed by atoms with Gasteiger partial charge in [0.1, 0.15) is 6.33 Å². The van der Waals surface area contributed by atoms with E-state index >= 15 is 0 Å². The van der Waals surface area contributed by atoms with Gasteiger partial charge in [0.25, 0.3) is 0 Å². The van der Waals surface area contributed by atoms with Crippen molar-refractivity contribution >= 4 is 11.6 Å². The van der Waals surface area contributed by atoms with Crippen molar-refractivity contribution in [3.8, 4) is 0 Å². The zero-order chi connectivity index (χ0) is 9.80. The van der Waals surface area contributed by atoms with Crippen LogP contribution in [0.2, 0.25) is 0 Å².